The molecule has 3 aromatic rings. The molecule has 0 spiro atoms. The number of guanidine groups is 1. The maximum Gasteiger partial charge on any atom is 0.191 e. The maximum absolute atomic E-state index is 6.40. The fourth-order valence-electron chi connectivity index (χ4n) is 2.47. The Kier molecular flexibility index (Phi) is 4.00. The molecule has 0 aliphatic rings. The Labute approximate surface area is 139 Å². The van der Waals surface area contributed by atoms with Crippen molar-refractivity contribution in [3.05, 3.63) is 71.9 Å². The van der Waals surface area contributed by atoms with Crippen molar-refractivity contribution in [2.24, 2.45) is 16.5 Å². The van der Waals surface area contributed by atoms with E-state index in [2.05, 4.69) is 16.6 Å². The molecule has 0 saturated carbocycles. The average Bonchev–Trinajstić information content (AvgIpc) is 2.54. The summed E-state index contributed by atoms with van der Waals surface area (Å²) in [6.07, 6.45) is 1.66. The molecular weight excluding hydrogens is 308 g/mol. The summed E-state index contributed by atoms with van der Waals surface area (Å²) in [6.45, 7) is 3.90. The first-order valence-electron chi connectivity index (χ1n) is 6.99. The molecule has 0 aliphatic heterocycles. The zero-order chi connectivity index (χ0) is 16.4. The summed E-state index contributed by atoms with van der Waals surface area (Å²) in [5.41, 5.74) is 14.9. The molecule has 114 valence electrons. The molecule has 0 amide bonds. The van der Waals surface area contributed by atoms with Crippen molar-refractivity contribution >= 4 is 34.2 Å². The van der Waals surface area contributed by atoms with Gasteiger partial charge in [0.25, 0.3) is 0 Å². The number of nitrogens with two attached hydrogens (primary N) is 2. The zero-order valence-electron chi connectivity index (χ0n) is 12.3. The lowest BCUT2D eigenvalue weighted by atomic mass is 9.99. The van der Waals surface area contributed by atoms with Crippen molar-refractivity contribution in [2.75, 3.05) is 0 Å². The van der Waals surface area contributed by atoms with Gasteiger partial charge in [0.2, 0.25) is 0 Å². The van der Waals surface area contributed by atoms with E-state index in [9.17, 15) is 0 Å². The van der Waals surface area contributed by atoms with Crippen LogP contribution < -0.4 is 11.5 Å². The lowest BCUT2D eigenvalue weighted by Gasteiger charge is -2.10. The summed E-state index contributed by atoms with van der Waals surface area (Å²) in [6, 6.07) is 15.7. The summed E-state index contributed by atoms with van der Waals surface area (Å²) in [5, 5.41) is 1.52. The number of nitrogens with zero attached hydrogens (tertiary/aromatic N) is 2. The minimum Gasteiger partial charge on any atom is -0.370 e. The molecule has 0 unspecified atom stereocenters. The number of fused-ring (bicyclic) bond motifs is 1. The molecule has 0 atom stereocenters. The largest absolute Gasteiger partial charge is 0.370 e. The first-order chi connectivity index (χ1) is 11.1. The van der Waals surface area contributed by atoms with Gasteiger partial charge in [0.15, 0.2) is 5.96 Å². The summed E-state index contributed by atoms with van der Waals surface area (Å²) >= 11 is 6.40. The van der Waals surface area contributed by atoms with Crippen LogP contribution in [0.1, 0.15) is 5.56 Å². The zero-order valence-corrected chi connectivity index (χ0v) is 13.1. The third-order valence-corrected chi connectivity index (χ3v) is 3.77. The highest BCUT2D eigenvalue weighted by Crippen LogP contribution is 2.35. The van der Waals surface area contributed by atoms with Gasteiger partial charge in [0, 0.05) is 22.7 Å². The van der Waals surface area contributed by atoms with E-state index >= 15 is 0 Å². The topological polar surface area (TPSA) is 77.3 Å². The number of aromatic nitrogens is 1. The Morgan fingerprint density at radius 2 is 1.83 bits per heavy atom. The molecule has 0 fully saturated rings. The second kappa shape index (κ2) is 6.10. The molecule has 0 radical (unpaired) electrons. The first-order valence-corrected chi connectivity index (χ1v) is 7.36. The van der Waals surface area contributed by atoms with Gasteiger partial charge in [0.1, 0.15) is 0 Å². The van der Waals surface area contributed by atoms with Crippen LogP contribution in [0.25, 0.3) is 27.7 Å². The Bertz CT molecular complexity index is 913. The van der Waals surface area contributed by atoms with Crippen LogP contribution in [0.5, 0.6) is 0 Å². The molecule has 4 N–H and O–H groups in total. The summed E-state index contributed by atoms with van der Waals surface area (Å²) in [5.74, 6) is -0.0254. The molecule has 4 nitrogen and oxygen atoms in total. The van der Waals surface area contributed by atoms with E-state index in [0.29, 0.717) is 10.7 Å². The minimum atomic E-state index is -0.0254. The number of pyridine rings is 1. The van der Waals surface area contributed by atoms with Gasteiger partial charge in [-0.2, -0.15) is 0 Å². The minimum absolute atomic E-state index is 0.0254. The molecule has 0 aliphatic carbocycles. The molecule has 0 bridgehead atoms. The summed E-state index contributed by atoms with van der Waals surface area (Å²) < 4.78 is 0. The number of halogens is 1. The van der Waals surface area contributed by atoms with E-state index in [-0.39, 0.29) is 5.96 Å². The SMILES string of the molecule is C=C(N=C(N)N)c1ccc2ncc(Cl)c(-c3ccccc3)c2c1. The van der Waals surface area contributed by atoms with Crippen LogP contribution in [0.15, 0.2) is 66.3 Å². The van der Waals surface area contributed by atoms with Crippen molar-refractivity contribution in [3.8, 4) is 11.1 Å². The first kappa shape index (κ1) is 15.1. The van der Waals surface area contributed by atoms with E-state index in [1.807, 2.05) is 48.5 Å². The van der Waals surface area contributed by atoms with Gasteiger partial charge < -0.3 is 11.5 Å². The van der Waals surface area contributed by atoms with Crippen molar-refractivity contribution in [3.63, 3.8) is 0 Å². The number of hydrogen-bond donors (Lipinski definition) is 2. The number of hydrogen-bond acceptors (Lipinski definition) is 2. The molecule has 5 heteroatoms. The van der Waals surface area contributed by atoms with E-state index in [4.69, 9.17) is 23.1 Å². The van der Waals surface area contributed by atoms with E-state index in [1.165, 1.54) is 0 Å². The highest BCUT2D eigenvalue weighted by atomic mass is 35.5. The standard InChI is InChI=1S/C18H15ClN4/c1-11(23-18(20)21)13-7-8-16-14(9-13)17(15(19)10-22-16)12-5-3-2-4-6-12/h2-10H,1H2,(H4,20,21,23). The van der Waals surface area contributed by atoms with Gasteiger partial charge in [0.05, 0.1) is 16.2 Å². The van der Waals surface area contributed by atoms with Crippen molar-refractivity contribution < 1.29 is 0 Å². The smallest absolute Gasteiger partial charge is 0.191 e. The molecular formula is C18H15ClN4. The van der Waals surface area contributed by atoms with Gasteiger partial charge in [-0.15, -0.1) is 0 Å². The lowest BCUT2D eigenvalue weighted by molar-refractivity contribution is 1.40. The van der Waals surface area contributed by atoms with Gasteiger partial charge in [-0.3, -0.25) is 4.98 Å². The predicted octanol–water partition coefficient (Wildman–Crippen LogP) is 3.80. The van der Waals surface area contributed by atoms with Crippen LogP contribution in [0.2, 0.25) is 5.02 Å². The molecule has 3 rings (SSSR count). The fraction of sp³-hybridized carbons (Fsp3) is 0. The number of rotatable bonds is 3. The lowest BCUT2D eigenvalue weighted by Crippen LogP contribution is -2.22. The Morgan fingerprint density at radius 1 is 1.09 bits per heavy atom. The second-order valence-electron chi connectivity index (χ2n) is 5.06. The van der Waals surface area contributed by atoms with Crippen LogP contribution in [-0.2, 0) is 0 Å². The molecule has 2 aromatic carbocycles. The normalized spacial score (nSPS) is 10.5. The van der Waals surface area contributed by atoms with Gasteiger partial charge >= 0.3 is 0 Å². The highest BCUT2D eigenvalue weighted by Gasteiger charge is 2.11. The summed E-state index contributed by atoms with van der Waals surface area (Å²) in [4.78, 5) is 8.39. The van der Waals surface area contributed by atoms with Gasteiger partial charge in [-0.05, 0) is 17.7 Å². The molecule has 1 heterocycles. The van der Waals surface area contributed by atoms with E-state index in [0.717, 1.165) is 27.6 Å². The van der Waals surface area contributed by atoms with Gasteiger partial charge in [-0.25, -0.2) is 4.99 Å². The average molecular weight is 323 g/mol. The van der Waals surface area contributed by atoms with Crippen molar-refractivity contribution in [1.82, 2.24) is 4.98 Å². The Hall–Kier alpha value is -2.85. The van der Waals surface area contributed by atoms with Crippen LogP contribution in [0.4, 0.5) is 0 Å². The van der Waals surface area contributed by atoms with E-state index in [1.54, 1.807) is 6.20 Å². The fourth-order valence-corrected chi connectivity index (χ4v) is 2.73. The third kappa shape index (κ3) is 3.03. The number of aliphatic imine (C=N–C) groups is 1. The second-order valence-corrected chi connectivity index (χ2v) is 5.47. The van der Waals surface area contributed by atoms with Gasteiger partial charge in [-0.1, -0.05) is 54.6 Å². The van der Waals surface area contributed by atoms with Crippen LogP contribution in [-0.4, -0.2) is 10.9 Å². The van der Waals surface area contributed by atoms with Crippen LogP contribution in [0.3, 0.4) is 0 Å². The maximum atomic E-state index is 6.40. The van der Waals surface area contributed by atoms with E-state index < -0.39 is 0 Å². The monoisotopic (exact) mass is 322 g/mol. The molecule has 23 heavy (non-hydrogen) atoms. The Balaban J connectivity index is 2.25. The predicted molar refractivity (Wildman–Crippen MR) is 97.0 cm³/mol. The Morgan fingerprint density at radius 3 is 2.52 bits per heavy atom. The van der Waals surface area contributed by atoms with Crippen LogP contribution >= 0.6 is 11.6 Å². The number of benzene rings is 2. The van der Waals surface area contributed by atoms with Crippen LogP contribution in [0, 0.1) is 0 Å². The van der Waals surface area contributed by atoms with Crippen molar-refractivity contribution in [2.45, 2.75) is 0 Å². The molecule has 0 saturated heterocycles. The highest BCUT2D eigenvalue weighted by molar-refractivity contribution is 6.34. The quantitative estimate of drug-likeness (QED) is 0.568. The molecule has 1 aromatic heterocycles. The third-order valence-electron chi connectivity index (χ3n) is 3.48. The summed E-state index contributed by atoms with van der Waals surface area (Å²) in [7, 11) is 0. The van der Waals surface area contributed by atoms with Crippen molar-refractivity contribution in [1.29, 1.82) is 0 Å².